The monoisotopic (exact) mass is 394 g/mol. The van der Waals surface area contributed by atoms with Gasteiger partial charge in [-0.3, -0.25) is 0 Å². The summed E-state index contributed by atoms with van der Waals surface area (Å²) in [4.78, 5) is 0. The molecule has 0 amide bonds. The molecule has 0 aliphatic heterocycles. The Morgan fingerprint density at radius 2 is 1.89 bits per heavy atom. The fraction of sp³-hybridized carbons (Fsp3) is 0.143. The fourth-order valence-electron chi connectivity index (χ4n) is 1.78. The van der Waals surface area contributed by atoms with Gasteiger partial charge in [0.1, 0.15) is 11.6 Å². The lowest BCUT2D eigenvalue weighted by Gasteiger charge is -2.14. The number of hydrogen-bond acceptors (Lipinski definition) is 1. The molecule has 0 saturated carbocycles. The molecule has 1 atom stereocenters. The van der Waals surface area contributed by atoms with Crippen LogP contribution >= 0.6 is 34.2 Å². The van der Waals surface area contributed by atoms with E-state index in [1.165, 1.54) is 12.1 Å². The van der Waals surface area contributed by atoms with Crippen molar-refractivity contribution in [3.63, 3.8) is 0 Å². The summed E-state index contributed by atoms with van der Waals surface area (Å²) in [6, 6.07) is 8.47. The highest BCUT2D eigenvalue weighted by atomic mass is 127. The molecule has 0 saturated heterocycles. The molecule has 0 fully saturated rings. The van der Waals surface area contributed by atoms with Gasteiger partial charge in [-0.2, -0.15) is 0 Å². The van der Waals surface area contributed by atoms with Crippen molar-refractivity contribution in [2.24, 2.45) is 0 Å². The van der Waals surface area contributed by atoms with Crippen molar-refractivity contribution in [2.45, 2.75) is 12.5 Å². The van der Waals surface area contributed by atoms with E-state index >= 15 is 0 Å². The van der Waals surface area contributed by atoms with Crippen LogP contribution in [0.15, 0.2) is 36.4 Å². The average Bonchev–Trinajstić information content (AvgIpc) is 2.35. The Morgan fingerprint density at radius 3 is 2.58 bits per heavy atom. The Morgan fingerprint density at radius 1 is 1.16 bits per heavy atom. The Kier molecular flexibility index (Phi) is 4.76. The molecule has 1 nitrogen and oxygen atoms in total. The van der Waals surface area contributed by atoms with Gasteiger partial charge in [0.05, 0.1) is 6.10 Å². The average molecular weight is 395 g/mol. The molecule has 2 aromatic carbocycles. The van der Waals surface area contributed by atoms with Gasteiger partial charge in [0.25, 0.3) is 0 Å². The summed E-state index contributed by atoms with van der Waals surface area (Å²) in [7, 11) is 0. The van der Waals surface area contributed by atoms with Gasteiger partial charge < -0.3 is 5.11 Å². The van der Waals surface area contributed by atoms with E-state index in [9.17, 15) is 13.9 Å². The molecule has 2 aromatic rings. The molecule has 1 unspecified atom stereocenters. The third kappa shape index (κ3) is 3.64. The van der Waals surface area contributed by atoms with Gasteiger partial charge in [-0.25, -0.2) is 8.78 Å². The quantitative estimate of drug-likeness (QED) is 0.760. The van der Waals surface area contributed by atoms with Crippen LogP contribution in [-0.2, 0) is 6.42 Å². The van der Waals surface area contributed by atoms with Crippen LogP contribution in [0.5, 0.6) is 0 Å². The standard InChI is InChI=1S/C14H10ClF2IO/c15-9-2-4-13(18)11(6-9)14(19)5-8-1-3-10(16)7-12(8)17/h1-4,6-7,14,19H,5H2. The van der Waals surface area contributed by atoms with Gasteiger partial charge in [0, 0.05) is 21.1 Å². The summed E-state index contributed by atoms with van der Waals surface area (Å²) in [5.41, 5.74) is 0.904. The van der Waals surface area contributed by atoms with Crippen LogP contribution in [0.4, 0.5) is 8.78 Å². The van der Waals surface area contributed by atoms with Crippen molar-refractivity contribution < 1.29 is 13.9 Å². The van der Waals surface area contributed by atoms with E-state index in [0.717, 1.165) is 9.64 Å². The second-order valence-corrected chi connectivity index (χ2v) is 5.72. The third-order valence-corrected chi connectivity index (χ3v) is 3.96. The van der Waals surface area contributed by atoms with Crippen LogP contribution in [-0.4, -0.2) is 5.11 Å². The summed E-state index contributed by atoms with van der Waals surface area (Å²) in [5.74, 6) is -1.29. The number of benzene rings is 2. The van der Waals surface area contributed by atoms with Crippen molar-refractivity contribution >= 4 is 34.2 Å². The van der Waals surface area contributed by atoms with E-state index < -0.39 is 17.7 Å². The Balaban J connectivity index is 2.25. The Hall–Kier alpha value is -0.720. The first kappa shape index (κ1) is 14.7. The summed E-state index contributed by atoms with van der Waals surface area (Å²) >= 11 is 7.95. The largest absolute Gasteiger partial charge is 0.388 e. The van der Waals surface area contributed by atoms with Crippen LogP contribution in [0.1, 0.15) is 17.2 Å². The van der Waals surface area contributed by atoms with Crippen LogP contribution in [0, 0.1) is 15.2 Å². The maximum Gasteiger partial charge on any atom is 0.129 e. The van der Waals surface area contributed by atoms with Gasteiger partial charge in [-0.15, -0.1) is 0 Å². The lowest BCUT2D eigenvalue weighted by Crippen LogP contribution is -2.05. The Bertz CT molecular complexity index is 604. The molecule has 0 aliphatic carbocycles. The molecule has 19 heavy (non-hydrogen) atoms. The second-order valence-electron chi connectivity index (χ2n) is 4.12. The lowest BCUT2D eigenvalue weighted by molar-refractivity contribution is 0.176. The highest BCUT2D eigenvalue weighted by molar-refractivity contribution is 14.1. The molecule has 100 valence electrons. The number of aliphatic hydroxyl groups is 1. The maximum absolute atomic E-state index is 13.5. The topological polar surface area (TPSA) is 20.2 Å². The van der Waals surface area contributed by atoms with E-state index in [1.807, 2.05) is 0 Å². The molecule has 0 aliphatic rings. The molecular formula is C14H10ClF2IO. The van der Waals surface area contributed by atoms with E-state index in [0.29, 0.717) is 10.6 Å². The second kappa shape index (κ2) is 6.15. The smallest absolute Gasteiger partial charge is 0.129 e. The summed E-state index contributed by atoms with van der Waals surface area (Å²) < 4.78 is 27.2. The van der Waals surface area contributed by atoms with Crippen LogP contribution in [0.3, 0.4) is 0 Å². The maximum atomic E-state index is 13.5. The van der Waals surface area contributed by atoms with Crippen molar-refractivity contribution in [1.29, 1.82) is 0 Å². The summed E-state index contributed by atoms with van der Waals surface area (Å²) in [5, 5.41) is 10.7. The van der Waals surface area contributed by atoms with Crippen molar-refractivity contribution in [3.05, 3.63) is 67.8 Å². The molecule has 5 heteroatoms. The number of rotatable bonds is 3. The molecule has 0 spiro atoms. The van der Waals surface area contributed by atoms with E-state index in [2.05, 4.69) is 22.6 Å². The van der Waals surface area contributed by atoms with Crippen LogP contribution in [0.2, 0.25) is 5.02 Å². The highest BCUT2D eigenvalue weighted by Gasteiger charge is 2.15. The van der Waals surface area contributed by atoms with Crippen molar-refractivity contribution in [1.82, 2.24) is 0 Å². The predicted octanol–water partition coefficient (Wildman–Crippen LogP) is 4.50. The summed E-state index contributed by atoms with van der Waals surface area (Å²) in [6.45, 7) is 0. The minimum absolute atomic E-state index is 0.0719. The Labute approximate surface area is 128 Å². The summed E-state index contributed by atoms with van der Waals surface area (Å²) in [6.07, 6.45) is -0.812. The molecule has 0 radical (unpaired) electrons. The third-order valence-electron chi connectivity index (χ3n) is 2.75. The van der Waals surface area contributed by atoms with Crippen molar-refractivity contribution in [2.75, 3.05) is 0 Å². The molecule has 0 aromatic heterocycles. The lowest BCUT2D eigenvalue weighted by atomic mass is 10.0. The first-order valence-corrected chi connectivity index (χ1v) is 7.00. The fourth-order valence-corrected chi connectivity index (χ4v) is 2.65. The van der Waals surface area contributed by atoms with Gasteiger partial charge in [-0.05, 0) is 58.0 Å². The van der Waals surface area contributed by atoms with Gasteiger partial charge >= 0.3 is 0 Å². The minimum atomic E-state index is -0.884. The highest BCUT2D eigenvalue weighted by Crippen LogP contribution is 2.27. The van der Waals surface area contributed by atoms with E-state index in [-0.39, 0.29) is 12.0 Å². The first-order chi connectivity index (χ1) is 8.97. The van der Waals surface area contributed by atoms with E-state index in [1.54, 1.807) is 18.2 Å². The van der Waals surface area contributed by atoms with E-state index in [4.69, 9.17) is 11.6 Å². The zero-order chi connectivity index (χ0) is 14.0. The number of halogens is 4. The number of hydrogen-bond donors (Lipinski definition) is 1. The SMILES string of the molecule is OC(Cc1ccc(F)cc1F)c1cc(Cl)ccc1I. The minimum Gasteiger partial charge on any atom is -0.388 e. The predicted molar refractivity (Wildman–Crippen MR) is 79.2 cm³/mol. The van der Waals surface area contributed by atoms with Gasteiger partial charge in [0.15, 0.2) is 0 Å². The van der Waals surface area contributed by atoms with Gasteiger partial charge in [0.2, 0.25) is 0 Å². The van der Waals surface area contributed by atoms with Gasteiger partial charge in [-0.1, -0.05) is 17.7 Å². The molecule has 1 N–H and O–H groups in total. The normalized spacial score (nSPS) is 12.5. The van der Waals surface area contributed by atoms with Crippen molar-refractivity contribution in [3.8, 4) is 0 Å². The van der Waals surface area contributed by atoms with Crippen LogP contribution in [0.25, 0.3) is 0 Å². The molecular weight excluding hydrogens is 385 g/mol. The molecule has 0 heterocycles. The zero-order valence-corrected chi connectivity index (χ0v) is 12.6. The molecule has 0 bridgehead atoms. The zero-order valence-electron chi connectivity index (χ0n) is 9.71. The first-order valence-electron chi connectivity index (χ1n) is 5.54. The molecule has 2 rings (SSSR count). The number of aliphatic hydroxyl groups excluding tert-OH is 1. The van der Waals surface area contributed by atoms with Crippen LogP contribution < -0.4 is 0 Å².